The highest BCUT2D eigenvalue weighted by atomic mass is 16.5. The van der Waals surface area contributed by atoms with Crippen molar-refractivity contribution >= 4 is 29.4 Å². The van der Waals surface area contributed by atoms with Gasteiger partial charge in [-0.3, -0.25) is 19.3 Å². The largest absolute Gasteiger partial charge is 0.493 e. The summed E-state index contributed by atoms with van der Waals surface area (Å²) < 4.78 is 15.2. The Balaban J connectivity index is 1.91. The molecule has 9 heteroatoms. The van der Waals surface area contributed by atoms with Crippen molar-refractivity contribution in [1.29, 1.82) is 0 Å². The highest BCUT2D eigenvalue weighted by Gasteiger charge is 2.40. The van der Waals surface area contributed by atoms with E-state index in [0.717, 1.165) is 4.90 Å². The summed E-state index contributed by atoms with van der Waals surface area (Å²) in [6, 6.07) is 7.99. The number of imide groups is 1. The fourth-order valence-corrected chi connectivity index (χ4v) is 3.18. The molecule has 1 N–H and O–H groups in total. The molecule has 1 atom stereocenters. The van der Waals surface area contributed by atoms with Gasteiger partial charge in [0.2, 0.25) is 5.91 Å². The summed E-state index contributed by atoms with van der Waals surface area (Å²) in [6.07, 6.45) is 0. The third kappa shape index (κ3) is 3.45. The van der Waals surface area contributed by atoms with Crippen LogP contribution in [0.2, 0.25) is 0 Å². The molecule has 1 aliphatic rings. The summed E-state index contributed by atoms with van der Waals surface area (Å²) in [5.41, 5.74) is 0.595. The molecule has 9 nitrogen and oxygen atoms in total. The Morgan fingerprint density at radius 1 is 0.933 bits per heavy atom. The minimum Gasteiger partial charge on any atom is -0.493 e. The molecule has 3 amide bonds. The first-order valence-corrected chi connectivity index (χ1v) is 8.96. The maximum Gasteiger partial charge on any atom is 0.340 e. The van der Waals surface area contributed by atoms with Gasteiger partial charge in [-0.15, -0.1) is 0 Å². The second kappa shape index (κ2) is 8.24. The number of benzene rings is 2. The molecule has 156 valence electrons. The molecule has 0 spiro atoms. The molecular weight excluding hydrogens is 392 g/mol. The molecule has 2 aromatic rings. The molecule has 0 fully saturated rings. The van der Waals surface area contributed by atoms with Crippen LogP contribution in [0.3, 0.4) is 0 Å². The van der Waals surface area contributed by atoms with Gasteiger partial charge in [0.05, 0.1) is 43.7 Å². The van der Waals surface area contributed by atoms with Crippen LogP contribution in [0, 0.1) is 0 Å². The van der Waals surface area contributed by atoms with Gasteiger partial charge >= 0.3 is 5.97 Å². The molecule has 0 aromatic heterocycles. The molecule has 1 heterocycles. The molecular formula is C21H20N2O7. The highest BCUT2D eigenvalue weighted by Crippen LogP contribution is 2.34. The number of rotatable bonds is 6. The van der Waals surface area contributed by atoms with Crippen LogP contribution in [-0.4, -0.2) is 56.0 Å². The number of hydrogen-bond acceptors (Lipinski definition) is 7. The van der Waals surface area contributed by atoms with Crippen molar-refractivity contribution in [2.75, 3.05) is 26.6 Å². The number of fused-ring (bicyclic) bond motifs is 1. The van der Waals surface area contributed by atoms with E-state index >= 15 is 0 Å². The monoisotopic (exact) mass is 412 g/mol. The number of amides is 3. The van der Waals surface area contributed by atoms with Crippen molar-refractivity contribution in [3.63, 3.8) is 0 Å². The number of anilines is 1. The minimum absolute atomic E-state index is 0.0260. The second-order valence-corrected chi connectivity index (χ2v) is 6.44. The molecule has 0 saturated carbocycles. The predicted octanol–water partition coefficient (Wildman–Crippen LogP) is 2.11. The topological polar surface area (TPSA) is 111 Å². The van der Waals surface area contributed by atoms with Crippen LogP contribution < -0.4 is 14.8 Å². The van der Waals surface area contributed by atoms with Crippen molar-refractivity contribution < 1.29 is 33.4 Å². The Morgan fingerprint density at radius 3 is 1.97 bits per heavy atom. The zero-order valence-corrected chi connectivity index (χ0v) is 16.8. The highest BCUT2D eigenvalue weighted by molar-refractivity contribution is 6.23. The number of nitrogens with zero attached hydrogens (tertiary/aromatic N) is 1. The summed E-state index contributed by atoms with van der Waals surface area (Å²) in [7, 11) is 4.01. The first kappa shape index (κ1) is 20.8. The lowest BCUT2D eigenvalue weighted by molar-refractivity contribution is -0.119. The Hall–Kier alpha value is -3.88. The number of esters is 1. The van der Waals surface area contributed by atoms with Crippen LogP contribution >= 0.6 is 0 Å². The Labute approximate surface area is 172 Å². The molecule has 0 radical (unpaired) electrons. The number of ether oxygens (including phenoxy) is 3. The van der Waals surface area contributed by atoms with Crippen LogP contribution in [0.5, 0.6) is 11.5 Å². The summed E-state index contributed by atoms with van der Waals surface area (Å²) in [6.45, 7) is 1.43. The van der Waals surface area contributed by atoms with Crippen LogP contribution in [0.25, 0.3) is 0 Å². The van der Waals surface area contributed by atoms with Crippen LogP contribution in [0.15, 0.2) is 36.4 Å². The van der Waals surface area contributed by atoms with Gasteiger partial charge < -0.3 is 19.5 Å². The maximum absolute atomic E-state index is 12.9. The van der Waals surface area contributed by atoms with Crippen molar-refractivity contribution in [2.45, 2.75) is 13.0 Å². The van der Waals surface area contributed by atoms with E-state index in [1.54, 1.807) is 12.1 Å². The normalized spacial score (nSPS) is 13.5. The van der Waals surface area contributed by atoms with Gasteiger partial charge in [-0.1, -0.05) is 12.1 Å². The average molecular weight is 412 g/mol. The average Bonchev–Trinajstić information content (AvgIpc) is 3.02. The van der Waals surface area contributed by atoms with Gasteiger partial charge in [0, 0.05) is 12.1 Å². The molecule has 0 saturated heterocycles. The number of methoxy groups -OCH3 is 3. The third-order valence-electron chi connectivity index (χ3n) is 4.78. The molecule has 1 unspecified atom stereocenters. The number of carbonyl (C=O) groups excluding carboxylic acids is 4. The SMILES string of the molecule is COC(=O)c1cc(OC)c(OC)cc1NC(=O)C(C)N1C(=O)c2ccccc2C1=O. The summed E-state index contributed by atoms with van der Waals surface area (Å²) in [4.78, 5) is 51.2. The van der Waals surface area contributed by atoms with Gasteiger partial charge in [-0.25, -0.2) is 4.79 Å². The summed E-state index contributed by atoms with van der Waals surface area (Å²) >= 11 is 0. The van der Waals surface area contributed by atoms with Crippen molar-refractivity contribution in [3.05, 3.63) is 53.1 Å². The Kier molecular flexibility index (Phi) is 5.72. The van der Waals surface area contributed by atoms with Crippen LogP contribution in [0.4, 0.5) is 5.69 Å². The van der Waals surface area contributed by atoms with Crippen molar-refractivity contribution in [2.24, 2.45) is 0 Å². The van der Waals surface area contributed by atoms with E-state index < -0.39 is 29.7 Å². The molecule has 1 aliphatic heterocycles. The smallest absolute Gasteiger partial charge is 0.340 e. The van der Waals surface area contributed by atoms with Gasteiger partial charge in [-0.05, 0) is 19.1 Å². The summed E-state index contributed by atoms with van der Waals surface area (Å²) in [5, 5.41) is 2.57. The van der Waals surface area contributed by atoms with Gasteiger partial charge in [0.1, 0.15) is 6.04 Å². The quantitative estimate of drug-likeness (QED) is 0.571. The lowest BCUT2D eigenvalue weighted by atomic mass is 10.1. The maximum atomic E-state index is 12.9. The van der Waals surface area contributed by atoms with E-state index in [1.165, 1.54) is 52.5 Å². The third-order valence-corrected chi connectivity index (χ3v) is 4.78. The molecule has 2 aromatic carbocycles. The zero-order chi connectivity index (χ0) is 22.0. The minimum atomic E-state index is -1.13. The Morgan fingerprint density at radius 2 is 1.47 bits per heavy atom. The number of hydrogen-bond donors (Lipinski definition) is 1. The Bertz CT molecular complexity index is 1010. The van der Waals surface area contributed by atoms with Crippen LogP contribution in [0.1, 0.15) is 38.0 Å². The van der Waals surface area contributed by atoms with E-state index in [0.29, 0.717) is 0 Å². The van der Waals surface area contributed by atoms with Gasteiger partial charge in [0.25, 0.3) is 11.8 Å². The lowest BCUT2D eigenvalue weighted by Crippen LogP contribution is -2.45. The van der Waals surface area contributed by atoms with E-state index in [9.17, 15) is 19.2 Å². The summed E-state index contributed by atoms with van der Waals surface area (Å²) in [5.74, 6) is -1.95. The number of carbonyl (C=O) groups is 4. The standard InChI is InChI=1S/C21H20N2O7/c1-11(23-19(25)12-7-5-6-8-13(12)20(23)26)18(24)22-15-10-17(29-3)16(28-2)9-14(15)21(27)30-4/h5-11H,1-4H3,(H,22,24). The fraction of sp³-hybridized carbons (Fsp3) is 0.238. The second-order valence-electron chi connectivity index (χ2n) is 6.44. The zero-order valence-electron chi connectivity index (χ0n) is 16.8. The lowest BCUT2D eigenvalue weighted by Gasteiger charge is -2.22. The molecule has 0 aliphatic carbocycles. The van der Waals surface area contributed by atoms with Gasteiger partial charge in [-0.2, -0.15) is 0 Å². The first-order valence-electron chi connectivity index (χ1n) is 8.96. The van der Waals surface area contributed by atoms with E-state index in [1.807, 2.05) is 0 Å². The molecule has 30 heavy (non-hydrogen) atoms. The van der Waals surface area contributed by atoms with Crippen molar-refractivity contribution in [3.8, 4) is 11.5 Å². The predicted molar refractivity (Wildman–Crippen MR) is 106 cm³/mol. The fourth-order valence-electron chi connectivity index (χ4n) is 3.18. The van der Waals surface area contributed by atoms with E-state index in [4.69, 9.17) is 14.2 Å². The van der Waals surface area contributed by atoms with Gasteiger partial charge in [0.15, 0.2) is 11.5 Å². The molecule has 3 rings (SSSR count). The van der Waals surface area contributed by atoms with Crippen molar-refractivity contribution in [1.82, 2.24) is 4.90 Å². The van der Waals surface area contributed by atoms with E-state index in [2.05, 4.69) is 5.32 Å². The first-order chi connectivity index (χ1) is 14.3. The van der Waals surface area contributed by atoms with Crippen LogP contribution in [-0.2, 0) is 9.53 Å². The van der Waals surface area contributed by atoms with E-state index in [-0.39, 0.29) is 33.9 Å². The molecule has 0 bridgehead atoms. The number of nitrogens with one attached hydrogen (secondary N) is 1.